The van der Waals surface area contributed by atoms with Crippen LogP contribution in [0.15, 0.2) is 18.2 Å². The molecule has 0 saturated carbocycles. The predicted molar refractivity (Wildman–Crippen MR) is 52.3 cm³/mol. The summed E-state index contributed by atoms with van der Waals surface area (Å²) in [6, 6.07) is 3.61. The zero-order chi connectivity index (χ0) is 11.2. The van der Waals surface area contributed by atoms with Crippen LogP contribution >= 0.6 is 0 Å². The van der Waals surface area contributed by atoms with Crippen LogP contribution in [0.4, 0.5) is 4.39 Å². The van der Waals surface area contributed by atoms with Crippen molar-refractivity contribution in [3.63, 3.8) is 0 Å². The van der Waals surface area contributed by atoms with Gasteiger partial charge in [0.05, 0.1) is 11.1 Å². The van der Waals surface area contributed by atoms with Gasteiger partial charge in [-0.3, -0.25) is 9.59 Å². The van der Waals surface area contributed by atoms with Crippen LogP contribution in [0.2, 0.25) is 0 Å². The number of halogens is 1. The lowest BCUT2D eigenvalue weighted by Crippen LogP contribution is -2.54. The van der Waals surface area contributed by atoms with E-state index in [4.69, 9.17) is 0 Å². The van der Waals surface area contributed by atoms with Gasteiger partial charge in [-0.1, -0.05) is 0 Å². The first kappa shape index (κ1) is 9.83. The molecule has 3 nitrogen and oxygen atoms in total. The fourth-order valence-electron chi connectivity index (χ4n) is 1.65. The van der Waals surface area contributed by atoms with Gasteiger partial charge in [-0.05, 0) is 32.0 Å². The molecule has 1 N–H and O–H groups in total. The molecule has 15 heavy (non-hydrogen) atoms. The Hall–Kier alpha value is -1.71. The molecule has 1 amide bonds. The van der Waals surface area contributed by atoms with Crippen LogP contribution in [-0.2, 0) is 0 Å². The highest BCUT2D eigenvalue weighted by Gasteiger charge is 2.38. The summed E-state index contributed by atoms with van der Waals surface area (Å²) in [5, 5.41) is 2.57. The first-order valence-corrected chi connectivity index (χ1v) is 4.59. The number of hydrogen-bond donors (Lipinski definition) is 1. The summed E-state index contributed by atoms with van der Waals surface area (Å²) in [5.41, 5.74) is -0.567. The first-order chi connectivity index (χ1) is 6.92. The highest BCUT2D eigenvalue weighted by molar-refractivity contribution is 6.16. The van der Waals surface area contributed by atoms with E-state index in [1.165, 1.54) is 12.1 Å². The molecular formula is C11H10FNO2. The Morgan fingerprint density at radius 3 is 2.53 bits per heavy atom. The van der Waals surface area contributed by atoms with Crippen LogP contribution in [0, 0.1) is 5.82 Å². The van der Waals surface area contributed by atoms with Crippen molar-refractivity contribution >= 4 is 11.7 Å². The topological polar surface area (TPSA) is 46.2 Å². The third kappa shape index (κ3) is 1.42. The first-order valence-electron chi connectivity index (χ1n) is 4.59. The number of ketones is 1. The maximum Gasteiger partial charge on any atom is 0.252 e. The lowest BCUT2D eigenvalue weighted by Gasteiger charge is -2.30. The number of carbonyl (C=O) groups is 2. The molecule has 1 aromatic rings. The third-order valence-electron chi connectivity index (χ3n) is 2.46. The zero-order valence-corrected chi connectivity index (χ0v) is 8.43. The Bertz CT molecular complexity index is 466. The summed E-state index contributed by atoms with van der Waals surface area (Å²) in [7, 11) is 0. The summed E-state index contributed by atoms with van der Waals surface area (Å²) in [6.45, 7) is 3.20. The Morgan fingerprint density at radius 1 is 1.20 bits per heavy atom. The Kier molecular flexibility index (Phi) is 1.89. The lowest BCUT2D eigenvalue weighted by atomic mass is 9.86. The van der Waals surface area contributed by atoms with Gasteiger partial charge in [0.25, 0.3) is 5.91 Å². The van der Waals surface area contributed by atoms with E-state index < -0.39 is 11.4 Å². The second kappa shape index (κ2) is 2.89. The van der Waals surface area contributed by atoms with E-state index in [1.54, 1.807) is 13.8 Å². The molecular weight excluding hydrogens is 197 g/mol. The molecule has 0 atom stereocenters. The molecule has 0 aliphatic carbocycles. The number of benzene rings is 1. The molecule has 1 heterocycles. The maximum atomic E-state index is 13.0. The molecule has 1 aliphatic rings. The summed E-state index contributed by atoms with van der Waals surface area (Å²) < 4.78 is 13.0. The number of fused-ring (bicyclic) bond motifs is 1. The molecule has 78 valence electrons. The largest absolute Gasteiger partial charge is 0.340 e. The van der Waals surface area contributed by atoms with Gasteiger partial charge in [-0.2, -0.15) is 0 Å². The highest BCUT2D eigenvalue weighted by atomic mass is 19.1. The molecule has 2 rings (SSSR count). The van der Waals surface area contributed by atoms with Crippen LogP contribution in [-0.4, -0.2) is 17.2 Å². The van der Waals surface area contributed by atoms with Crippen molar-refractivity contribution in [2.45, 2.75) is 19.4 Å². The van der Waals surface area contributed by atoms with Crippen LogP contribution in [0.3, 0.4) is 0 Å². The van der Waals surface area contributed by atoms with Gasteiger partial charge in [0.15, 0.2) is 5.78 Å². The number of Topliss-reactive ketones (excluding diaryl/α,β-unsaturated/α-hetero) is 1. The molecule has 1 aliphatic heterocycles. The quantitative estimate of drug-likeness (QED) is 0.701. The Balaban J connectivity index is 2.65. The van der Waals surface area contributed by atoms with Crippen molar-refractivity contribution in [3.8, 4) is 0 Å². The number of amides is 1. The number of nitrogens with one attached hydrogen (secondary N) is 1. The summed E-state index contributed by atoms with van der Waals surface area (Å²) >= 11 is 0. The second-order valence-corrected chi connectivity index (χ2v) is 4.10. The Labute approximate surface area is 86.3 Å². The van der Waals surface area contributed by atoms with E-state index in [0.29, 0.717) is 0 Å². The standard InChI is InChI=1S/C11H10FNO2/c1-11(2)9(14)8-5-6(12)3-4-7(8)10(15)13-11/h3-5H,1-2H3,(H,13,15). The van der Waals surface area contributed by atoms with E-state index in [9.17, 15) is 14.0 Å². The molecule has 0 fully saturated rings. The van der Waals surface area contributed by atoms with Crippen molar-refractivity contribution in [2.75, 3.05) is 0 Å². The van der Waals surface area contributed by atoms with E-state index in [2.05, 4.69) is 5.32 Å². The SMILES string of the molecule is CC1(C)NC(=O)c2ccc(F)cc2C1=O. The van der Waals surface area contributed by atoms with Crippen LogP contribution < -0.4 is 5.32 Å². The molecule has 0 radical (unpaired) electrons. The fraction of sp³-hybridized carbons (Fsp3) is 0.273. The smallest absolute Gasteiger partial charge is 0.252 e. The van der Waals surface area contributed by atoms with Crippen molar-refractivity contribution in [1.82, 2.24) is 5.32 Å². The average Bonchev–Trinajstić information content (AvgIpc) is 2.13. The van der Waals surface area contributed by atoms with Gasteiger partial charge in [-0.15, -0.1) is 0 Å². The maximum absolute atomic E-state index is 13.0. The molecule has 0 unspecified atom stereocenters. The van der Waals surface area contributed by atoms with Gasteiger partial charge in [0, 0.05) is 5.56 Å². The summed E-state index contributed by atoms with van der Waals surface area (Å²) in [6.07, 6.45) is 0. The van der Waals surface area contributed by atoms with E-state index in [-0.39, 0.29) is 22.8 Å². The van der Waals surface area contributed by atoms with E-state index >= 15 is 0 Å². The molecule has 0 saturated heterocycles. The van der Waals surface area contributed by atoms with Gasteiger partial charge in [0.2, 0.25) is 0 Å². The molecule has 0 bridgehead atoms. The minimum Gasteiger partial charge on any atom is -0.340 e. The highest BCUT2D eigenvalue weighted by Crippen LogP contribution is 2.23. The number of carbonyl (C=O) groups excluding carboxylic acids is 2. The minimum absolute atomic E-state index is 0.156. The summed E-state index contributed by atoms with van der Waals surface area (Å²) in [5.74, 6) is -1.11. The normalized spacial score (nSPS) is 18.3. The van der Waals surface area contributed by atoms with Crippen molar-refractivity contribution in [2.24, 2.45) is 0 Å². The average molecular weight is 207 g/mol. The molecule has 1 aromatic carbocycles. The zero-order valence-electron chi connectivity index (χ0n) is 8.43. The number of hydrogen-bond acceptors (Lipinski definition) is 2. The third-order valence-corrected chi connectivity index (χ3v) is 2.46. The van der Waals surface area contributed by atoms with Crippen molar-refractivity contribution < 1.29 is 14.0 Å². The second-order valence-electron chi connectivity index (χ2n) is 4.10. The van der Waals surface area contributed by atoms with E-state index in [0.717, 1.165) is 6.07 Å². The van der Waals surface area contributed by atoms with Crippen LogP contribution in [0.1, 0.15) is 34.6 Å². The lowest BCUT2D eigenvalue weighted by molar-refractivity contribution is 0.0767. The molecule has 0 spiro atoms. The minimum atomic E-state index is -0.960. The molecule has 0 aromatic heterocycles. The number of rotatable bonds is 0. The van der Waals surface area contributed by atoms with Gasteiger partial charge in [0.1, 0.15) is 5.82 Å². The van der Waals surface area contributed by atoms with E-state index in [1.807, 2.05) is 0 Å². The van der Waals surface area contributed by atoms with Crippen molar-refractivity contribution in [3.05, 3.63) is 35.1 Å². The van der Waals surface area contributed by atoms with Crippen molar-refractivity contribution in [1.29, 1.82) is 0 Å². The Morgan fingerprint density at radius 2 is 1.87 bits per heavy atom. The molecule has 4 heteroatoms. The van der Waals surface area contributed by atoms with Gasteiger partial charge in [-0.25, -0.2) is 4.39 Å². The summed E-state index contributed by atoms with van der Waals surface area (Å²) in [4.78, 5) is 23.4. The monoisotopic (exact) mass is 207 g/mol. The van der Waals surface area contributed by atoms with Gasteiger partial charge >= 0.3 is 0 Å². The van der Waals surface area contributed by atoms with Crippen LogP contribution in [0.25, 0.3) is 0 Å². The fourth-order valence-corrected chi connectivity index (χ4v) is 1.65. The predicted octanol–water partition coefficient (Wildman–Crippen LogP) is 1.53. The van der Waals surface area contributed by atoms with Crippen LogP contribution in [0.5, 0.6) is 0 Å². The van der Waals surface area contributed by atoms with Gasteiger partial charge < -0.3 is 5.32 Å².